The first-order valence-corrected chi connectivity index (χ1v) is 4.55. The van der Waals surface area contributed by atoms with Gasteiger partial charge in [0.1, 0.15) is 6.04 Å². The minimum absolute atomic E-state index is 0.207. The molecule has 1 atom stereocenters. The molecular weight excluding hydrogens is 194 g/mol. The first kappa shape index (κ1) is 13.2. The number of amides is 1. The summed E-state index contributed by atoms with van der Waals surface area (Å²) in [7, 11) is 0. The Balaban J connectivity index is 4.22. The lowest BCUT2D eigenvalue weighted by molar-refractivity contribution is -0.141. The maximum atomic E-state index is 11.2. The van der Waals surface area contributed by atoms with Gasteiger partial charge in [0.2, 0.25) is 5.91 Å². The van der Waals surface area contributed by atoms with Crippen molar-refractivity contribution in [1.29, 1.82) is 0 Å². The standard InChI is InChI=1S/C11H15NO3/c1-3-5-6-8-10(13)12-9(7-4-2)11(14)15/h3-6,8-9H,2,7H2,1H3,(H,12,13)(H,14,15)/b5-3+,8-6?. The van der Waals surface area contributed by atoms with Gasteiger partial charge in [0.15, 0.2) is 0 Å². The minimum Gasteiger partial charge on any atom is -0.480 e. The van der Waals surface area contributed by atoms with Gasteiger partial charge < -0.3 is 10.4 Å². The van der Waals surface area contributed by atoms with Gasteiger partial charge >= 0.3 is 5.97 Å². The van der Waals surface area contributed by atoms with Crippen molar-refractivity contribution in [3.05, 3.63) is 37.0 Å². The molecule has 0 saturated carbocycles. The van der Waals surface area contributed by atoms with Crippen LogP contribution in [0.25, 0.3) is 0 Å². The summed E-state index contributed by atoms with van der Waals surface area (Å²) in [5.41, 5.74) is 0. The molecule has 0 aliphatic rings. The molecule has 1 amide bonds. The average molecular weight is 209 g/mol. The molecule has 0 spiro atoms. The van der Waals surface area contributed by atoms with Crippen LogP contribution in [-0.2, 0) is 9.59 Å². The fourth-order valence-corrected chi connectivity index (χ4v) is 0.862. The van der Waals surface area contributed by atoms with Crippen molar-refractivity contribution >= 4 is 11.9 Å². The Morgan fingerprint density at radius 3 is 2.60 bits per heavy atom. The molecule has 4 heteroatoms. The van der Waals surface area contributed by atoms with E-state index in [9.17, 15) is 9.59 Å². The molecule has 0 saturated heterocycles. The molecule has 0 heterocycles. The average Bonchev–Trinajstić information content (AvgIpc) is 2.17. The lowest BCUT2D eigenvalue weighted by atomic mass is 10.2. The van der Waals surface area contributed by atoms with Crippen LogP contribution in [0, 0.1) is 0 Å². The van der Waals surface area contributed by atoms with E-state index in [4.69, 9.17) is 5.11 Å². The molecule has 0 fully saturated rings. The van der Waals surface area contributed by atoms with Crippen molar-refractivity contribution in [2.75, 3.05) is 0 Å². The SMILES string of the molecule is C=CCC(NC(=O)C=C/C=C/C)C(=O)O. The Labute approximate surface area is 89.0 Å². The summed E-state index contributed by atoms with van der Waals surface area (Å²) in [6.45, 7) is 5.24. The highest BCUT2D eigenvalue weighted by molar-refractivity contribution is 5.91. The predicted octanol–water partition coefficient (Wildman–Crippen LogP) is 1.26. The topological polar surface area (TPSA) is 66.4 Å². The highest BCUT2D eigenvalue weighted by Gasteiger charge is 2.16. The summed E-state index contributed by atoms with van der Waals surface area (Å²) in [5, 5.41) is 11.1. The number of carboxylic acids is 1. The van der Waals surface area contributed by atoms with E-state index in [1.807, 2.05) is 6.92 Å². The van der Waals surface area contributed by atoms with Gasteiger partial charge in [0, 0.05) is 6.08 Å². The molecule has 0 aromatic rings. The van der Waals surface area contributed by atoms with Crippen LogP contribution in [0.5, 0.6) is 0 Å². The molecule has 82 valence electrons. The number of hydrogen-bond donors (Lipinski definition) is 2. The lowest BCUT2D eigenvalue weighted by Crippen LogP contribution is -2.39. The quantitative estimate of drug-likeness (QED) is 0.393. The molecule has 0 rings (SSSR count). The molecule has 15 heavy (non-hydrogen) atoms. The van der Waals surface area contributed by atoms with Crippen molar-refractivity contribution in [2.45, 2.75) is 19.4 Å². The van der Waals surface area contributed by atoms with Crippen LogP contribution in [0.15, 0.2) is 37.0 Å². The van der Waals surface area contributed by atoms with Gasteiger partial charge in [-0.25, -0.2) is 4.79 Å². The number of allylic oxidation sites excluding steroid dienone is 3. The largest absolute Gasteiger partial charge is 0.480 e. The molecule has 0 radical (unpaired) electrons. The summed E-state index contributed by atoms with van der Waals surface area (Å²) in [6, 6.07) is -0.912. The number of carbonyl (C=O) groups is 2. The third kappa shape index (κ3) is 6.26. The van der Waals surface area contributed by atoms with Crippen LogP contribution in [0.4, 0.5) is 0 Å². The molecule has 0 aromatic carbocycles. The van der Waals surface area contributed by atoms with Gasteiger partial charge in [-0.2, -0.15) is 0 Å². The summed E-state index contributed by atoms with van der Waals surface area (Å²) >= 11 is 0. The van der Waals surface area contributed by atoms with Crippen LogP contribution in [0.1, 0.15) is 13.3 Å². The zero-order valence-electron chi connectivity index (χ0n) is 8.64. The van der Waals surface area contributed by atoms with Crippen LogP contribution in [0.3, 0.4) is 0 Å². The fraction of sp³-hybridized carbons (Fsp3) is 0.273. The summed E-state index contributed by atoms with van der Waals surface area (Å²) in [4.78, 5) is 21.8. The maximum absolute atomic E-state index is 11.2. The van der Waals surface area contributed by atoms with E-state index >= 15 is 0 Å². The second-order valence-electron chi connectivity index (χ2n) is 2.81. The van der Waals surface area contributed by atoms with E-state index in [-0.39, 0.29) is 6.42 Å². The molecular formula is C11H15NO3. The highest BCUT2D eigenvalue weighted by Crippen LogP contribution is 1.93. The van der Waals surface area contributed by atoms with Crippen LogP contribution >= 0.6 is 0 Å². The third-order valence-electron chi connectivity index (χ3n) is 1.57. The zero-order chi connectivity index (χ0) is 11.7. The van der Waals surface area contributed by atoms with E-state index in [0.717, 1.165) is 0 Å². The fourth-order valence-electron chi connectivity index (χ4n) is 0.862. The van der Waals surface area contributed by atoms with E-state index < -0.39 is 17.9 Å². The van der Waals surface area contributed by atoms with Gasteiger partial charge in [-0.1, -0.05) is 24.3 Å². The summed E-state index contributed by atoms with van der Waals surface area (Å²) < 4.78 is 0. The first-order chi connectivity index (χ1) is 7.11. The van der Waals surface area contributed by atoms with E-state index in [1.54, 1.807) is 18.2 Å². The van der Waals surface area contributed by atoms with Crippen molar-refractivity contribution < 1.29 is 14.7 Å². The second kappa shape index (κ2) is 7.55. The van der Waals surface area contributed by atoms with Crippen LogP contribution in [0.2, 0.25) is 0 Å². The lowest BCUT2D eigenvalue weighted by Gasteiger charge is -2.10. The number of hydrogen-bond acceptors (Lipinski definition) is 2. The Hall–Kier alpha value is -1.84. The molecule has 2 N–H and O–H groups in total. The van der Waals surface area contributed by atoms with Crippen molar-refractivity contribution in [3.63, 3.8) is 0 Å². The zero-order valence-corrected chi connectivity index (χ0v) is 8.64. The van der Waals surface area contributed by atoms with Gasteiger partial charge in [0.05, 0.1) is 0 Å². The van der Waals surface area contributed by atoms with Crippen LogP contribution < -0.4 is 5.32 Å². The number of nitrogens with one attached hydrogen (secondary N) is 1. The minimum atomic E-state index is -1.07. The van der Waals surface area contributed by atoms with Crippen molar-refractivity contribution in [3.8, 4) is 0 Å². The van der Waals surface area contributed by atoms with Gasteiger partial charge in [-0.15, -0.1) is 6.58 Å². The van der Waals surface area contributed by atoms with Crippen LogP contribution in [-0.4, -0.2) is 23.0 Å². The van der Waals surface area contributed by atoms with Gasteiger partial charge in [-0.3, -0.25) is 4.79 Å². The Morgan fingerprint density at radius 2 is 2.13 bits per heavy atom. The highest BCUT2D eigenvalue weighted by atomic mass is 16.4. The Bertz CT molecular complexity index is 292. The Kier molecular flexibility index (Phi) is 6.63. The third-order valence-corrected chi connectivity index (χ3v) is 1.57. The maximum Gasteiger partial charge on any atom is 0.326 e. The summed E-state index contributed by atoms with van der Waals surface area (Å²) in [6.07, 6.45) is 7.93. The molecule has 0 bridgehead atoms. The number of rotatable bonds is 6. The molecule has 4 nitrogen and oxygen atoms in total. The number of carbonyl (C=O) groups excluding carboxylic acids is 1. The van der Waals surface area contributed by atoms with Crippen molar-refractivity contribution in [2.24, 2.45) is 0 Å². The van der Waals surface area contributed by atoms with Gasteiger partial charge in [0.25, 0.3) is 0 Å². The molecule has 0 aliphatic carbocycles. The van der Waals surface area contributed by atoms with E-state index in [1.165, 1.54) is 12.2 Å². The van der Waals surface area contributed by atoms with E-state index in [0.29, 0.717) is 0 Å². The molecule has 0 aromatic heterocycles. The number of carboxylic acid groups (broad SMARTS) is 1. The second-order valence-corrected chi connectivity index (χ2v) is 2.81. The smallest absolute Gasteiger partial charge is 0.326 e. The Morgan fingerprint density at radius 1 is 1.47 bits per heavy atom. The predicted molar refractivity (Wildman–Crippen MR) is 58.3 cm³/mol. The van der Waals surface area contributed by atoms with Gasteiger partial charge in [-0.05, 0) is 13.3 Å². The normalized spacial score (nSPS) is 12.9. The number of aliphatic carboxylic acids is 1. The van der Waals surface area contributed by atoms with Crippen molar-refractivity contribution in [1.82, 2.24) is 5.32 Å². The molecule has 0 aliphatic heterocycles. The summed E-state index contributed by atoms with van der Waals surface area (Å²) in [5.74, 6) is -1.50. The van der Waals surface area contributed by atoms with E-state index in [2.05, 4.69) is 11.9 Å². The first-order valence-electron chi connectivity index (χ1n) is 4.55. The molecule has 1 unspecified atom stereocenters. The monoisotopic (exact) mass is 209 g/mol.